The molecule has 4 aromatic rings. The molecule has 0 aliphatic carbocycles. The van der Waals surface area contributed by atoms with Gasteiger partial charge in [-0.05, 0) is 36.1 Å². The highest BCUT2D eigenvalue weighted by Gasteiger charge is 2.12. The van der Waals surface area contributed by atoms with Crippen LogP contribution in [0.5, 0.6) is 0 Å². The molecular weight excluding hydrogens is 348 g/mol. The number of hydrogen-bond donors (Lipinski definition) is 0. The van der Waals surface area contributed by atoms with Crippen molar-refractivity contribution < 1.29 is 0 Å². The predicted octanol–water partition coefficient (Wildman–Crippen LogP) is 4.51. The highest BCUT2D eigenvalue weighted by Crippen LogP contribution is 2.15. The summed E-state index contributed by atoms with van der Waals surface area (Å²) in [6.07, 6.45) is 1.72. The van der Waals surface area contributed by atoms with E-state index in [-0.39, 0.29) is 0 Å². The van der Waals surface area contributed by atoms with Gasteiger partial charge in [-0.25, -0.2) is 0 Å². The summed E-state index contributed by atoms with van der Waals surface area (Å²) in [5.41, 5.74) is 5.23. The van der Waals surface area contributed by atoms with Gasteiger partial charge in [-0.2, -0.15) is 0 Å². The third-order valence-corrected chi connectivity index (χ3v) is 5.01. The fourth-order valence-electron chi connectivity index (χ4n) is 3.64. The van der Waals surface area contributed by atoms with E-state index in [2.05, 4.69) is 55.9 Å². The van der Waals surface area contributed by atoms with E-state index in [9.17, 15) is 4.91 Å². The van der Waals surface area contributed by atoms with Crippen molar-refractivity contribution in [2.75, 3.05) is 0 Å². The Kier molecular flexibility index (Phi) is 5.43. The first-order chi connectivity index (χ1) is 13.9. The Balaban J connectivity index is 1.73. The van der Waals surface area contributed by atoms with Crippen LogP contribution >= 0.6 is 0 Å². The van der Waals surface area contributed by atoms with E-state index >= 15 is 0 Å². The van der Waals surface area contributed by atoms with Crippen LogP contribution in [0.2, 0.25) is 0 Å². The van der Waals surface area contributed by atoms with Gasteiger partial charge in [-0.15, -0.1) is 4.91 Å². The number of hydrogen-bond acceptors (Lipinski definition) is 2. The molecule has 0 amide bonds. The first-order valence-electron chi connectivity index (χ1n) is 9.49. The second-order valence-electron chi connectivity index (χ2n) is 6.74. The fourth-order valence-corrected chi connectivity index (χ4v) is 3.64. The van der Waals surface area contributed by atoms with Gasteiger partial charge in [0.25, 0.3) is 0 Å². The van der Waals surface area contributed by atoms with Crippen molar-refractivity contribution in [3.05, 3.63) is 107 Å². The molecule has 1 heterocycles. The van der Waals surface area contributed by atoms with Crippen molar-refractivity contribution in [3.63, 3.8) is 0 Å². The van der Waals surface area contributed by atoms with Crippen LogP contribution in [-0.4, -0.2) is 9.13 Å². The van der Waals surface area contributed by atoms with Gasteiger partial charge in [0, 0.05) is 13.1 Å². The molecule has 0 aliphatic heterocycles. The number of rotatable bonds is 7. The van der Waals surface area contributed by atoms with Gasteiger partial charge < -0.3 is 9.13 Å². The lowest BCUT2D eigenvalue weighted by atomic mass is 10.1. The lowest BCUT2D eigenvalue weighted by molar-refractivity contribution is 0.597. The molecule has 0 atom stereocenters. The van der Waals surface area contributed by atoms with Crippen LogP contribution in [0, 0.1) is 4.91 Å². The monoisotopic (exact) mass is 370 g/mol. The highest BCUT2D eigenvalue weighted by molar-refractivity contribution is 5.75. The van der Waals surface area contributed by atoms with Crippen LogP contribution in [0.1, 0.15) is 11.1 Å². The van der Waals surface area contributed by atoms with Crippen LogP contribution < -0.4 is 5.62 Å². The van der Waals surface area contributed by atoms with E-state index in [0.29, 0.717) is 5.62 Å². The van der Waals surface area contributed by atoms with Gasteiger partial charge in [-0.1, -0.05) is 77.9 Å². The van der Waals surface area contributed by atoms with E-state index in [1.54, 1.807) is 0 Å². The van der Waals surface area contributed by atoms with E-state index < -0.39 is 0 Å². The lowest BCUT2D eigenvalue weighted by Crippen LogP contribution is -2.27. The molecule has 0 saturated heterocycles. The minimum atomic E-state index is 0.600. The minimum Gasteiger partial charge on any atom is -0.308 e. The Morgan fingerprint density at radius 1 is 0.607 bits per heavy atom. The second kappa shape index (κ2) is 8.48. The zero-order chi connectivity index (χ0) is 19.2. The van der Waals surface area contributed by atoms with Gasteiger partial charge in [-0.3, -0.25) is 0 Å². The zero-order valence-electron chi connectivity index (χ0n) is 15.6. The van der Waals surface area contributed by atoms with Crippen LogP contribution in [0.3, 0.4) is 0 Å². The minimum absolute atomic E-state index is 0.600. The van der Waals surface area contributed by atoms with Crippen molar-refractivity contribution in [1.29, 1.82) is 0 Å². The highest BCUT2D eigenvalue weighted by atomic mass is 16.3. The summed E-state index contributed by atoms with van der Waals surface area (Å²) in [4.78, 5) is 11.1. The molecule has 0 spiro atoms. The van der Waals surface area contributed by atoms with Crippen LogP contribution in [0.15, 0.2) is 95.3 Å². The number of benzene rings is 3. The topological polar surface area (TPSA) is 51.6 Å². The number of aromatic nitrogens is 2. The molecule has 0 aliphatic rings. The largest absolute Gasteiger partial charge is 0.308 e. The summed E-state index contributed by atoms with van der Waals surface area (Å²) in [7, 11) is 0. The number of aryl methyl sites for hydroxylation is 4. The molecule has 140 valence electrons. The summed E-state index contributed by atoms with van der Waals surface area (Å²) in [5.74, 6) is 0. The van der Waals surface area contributed by atoms with E-state index in [1.807, 2.05) is 48.5 Å². The number of imidazole rings is 1. The molecule has 0 radical (unpaired) electrons. The Bertz CT molecular complexity index is 1040. The lowest BCUT2D eigenvalue weighted by Gasteiger charge is -2.06. The molecule has 5 heteroatoms. The average Bonchev–Trinajstić information content (AvgIpc) is 3.05. The van der Waals surface area contributed by atoms with Gasteiger partial charge in [0.05, 0.1) is 16.3 Å². The van der Waals surface area contributed by atoms with Gasteiger partial charge in [0.15, 0.2) is 0 Å². The maximum Gasteiger partial charge on any atom is 0.234 e. The summed E-state index contributed by atoms with van der Waals surface area (Å²) < 4.78 is 4.18. The Hall–Kier alpha value is -3.47. The smallest absolute Gasteiger partial charge is 0.234 e. The normalized spacial score (nSPS) is 10.9. The van der Waals surface area contributed by atoms with Gasteiger partial charge >= 0.3 is 0 Å². The molecule has 0 bridgehead atoms. The van der Waals surface area contributed by atoms with Crippen LogP contribution in [0.25, 0.3) is 11.0 Å². The Morgan fingerprint density at radius 3 is 1.46 bits per heavy atom. The molecule has 28 heavy (non-hydrogen) atoms. The molecular formula is C23H22N4O. The summed E-state index contributed by atoms with van der Waals surface area (Å²) in [5, 5.41) is 6.83. The summed E-state index contributed by atoms with van der Waals surface area (Å²) >= 11 is 0. The van der Waals surface area contributed by atoms with E-state index in [4.69, 9.17) is 0 Å². The standard InChI is InChI=1S/C23H22N4O/c28-25-24-23-26(17-15-19-9-3-1-4-10-19)21-13-7-8-14-22(21)27(23)18-16-20-11-5-2-6-12-20/h1-14H,15-18H2. The first-order valence-corrected chi connectivity index (χ1v) is 9.49. The zero-order valence-corrected chi connectivity index (χ0v) is 15.6. The molecule has 1 aromatic heterocycles. The Labute approximate surface area is 163 Å². The van der Waals surface area contributed by atoms with Crippen LogP contribution in [0.4, 0.5) is 0 Å². The van der Waals surface area contributed by atoms with Gasteiger partial charge in [0.1, 0.15) is 0 Å². The van der Waals surface area contributed by atoms with E-state index in [1.165, 1.54) is 11.1 Å². The molecule has 0 saturated carbocycles. The summed E-state index contributed by atoms with van der Waals surface area (Å²) in [6, 6.07) is 28.8. The maximum atomic E-state index is 11.1. The van der Waals surface area contributed by atoms with Crippen molar-refractivity contribution in [1.82, 2.24) is 9.13 Å². The fraction of sp³-hybridized carbons (Fsp3) is 0.174. The quantitative estimate of drug-likeness (QED) is 0.349. The van der Waals surface area contributed by atoms with Crippen molar-refractivity contribution >= 4 is 11.0 Å². The number of nitrogens with zero attached hydrogens (tertiary/aromatic N) is 4. The molecule has 0 fully saturated rings. The average molecular weight is 370 g/mol. The van der Waals surface area contributed by atoms with E-state index in [0.717, 1.165) is 37.0 Å². The maximum absolute atomic E-state index is 11.1. The van der Waals surface area contributed by atoms with Gasteiger partial charge in [0.2, 0.25) is 5.62 Å². The SMILES string of the molecule is O=NN=c1n(CCc2ccccc2)c2ccccc2n1CCc1ccccc1. The molecule has 0 unspecified atom stereocenters. The molecule has 0 N–H and O–H groups in total. The first kappa shape index (κ1) is 17.9. The molecule has 5 nitrogen and oxygen atoms in total. The number of fused-ring (bicyclic) bond motifs is 1. The van der Waals surface area contributed by atoms with Crippen molar-refractivity contribution in [2.24, 2.45) is 10.4 Å². The Morgan fingerprint density at radius 2 is 1.04 bits per heavy atom. The van der Waals surface area contributed by atoms with Crippen molar-refractivity contribution in [3.8, 4) is 0 Å². The molecule has 3 aromatic carbocycles. The van der Waals surface area contributed by atoms with Crippen LogP contribution in [-0.2, 0) is 25.9 Å². The predicted molar refractivity (Wildman–Crippen MR) is 112 cm³/mol. The third kappa shape index (κ3) is 3.78. The van der Waals surface area contributed by atoms with Crippen molar-refractivity contribution in [2.45, 2.75) is 25.9 Å². The number of nitroso groups, excluding NO2 is 1. The second-order valence-corrected chi connectivity index (χ2v) is 6.74. The molecule has 4 rings (SSSR count). The number of para-hydroxylation sites is 2. The third-order valence-electron chi connectivity index (χ3n) is 5.01. The summed E-state index contributed by atoms with van der Waals surface area (Å²) in [6.45, 7) is 1.47.